The number of carbonyl (C=O) groups is 2. The Bertz CT molecular complexity index is 1240. The summed E-state index contributed by atoms with van der Waals surface area (Å²) in [5.74, 6) is -0.962. The summed E-state index contributed by atoms with van der Waals surface area (Å²) in [4.78, 5) is 29.5. The topological polar surface area (TPSA) is 84.0 Å². The van der Waals surface area contributed by atoms with Crippen LogP contribution in [0.15, 0.2) is 48.5 Å². The second-order valence-electron chi connectivity index (χ2n) is 10.6. The molecule has 0 saturated carbocycles. The van der Waals surface area contributed by atoms with Gasteiger partial charge in [0.05, 0.1) is 23.0 Å². The summed E-state index contributed by atoms with van der Waals surface area (Å²) in [5.41, 5.74) is 1.43. The number of amides is 2. The molecule has 37 heavy (non-hydrogen) atoms. The van der Waals surface area contributed by atoms with Crippen molar-refractivity contribution < 1.29 is 22.7 Å². The van der Waals surface area contributed by atoms with E-state index in [1.165, 1.54) is 4.90 Å². The van der Waals surface area contributed by atoms with Crippen molar-refractivity contribution in [1.29, 1.82) is 0 Å². The van der Waals surface area contributed by atoms with Gasteiger partial charge in [-0.1, -0.05) is 47.5 Å². The average Bonchev–Trinajstić information content (AvgIpc) is 2.79. The number of ether oxygens (including phenoxy) is 1. The predicted molar refractivity (Wildman–Crippen MR) is 146 cm³/mol. The van der Waals surface area contributed by atoms with Gasteiger partial charge < -0.3 is 14.5 Å². The van der Waals surface area contributed by atoms with E-state index in [-0.39, 0.29) is 18.1 Å². The van der Waals surface area contributed by atoms with E-state index in [0.717, 1.165) is 5.56 Å². The first-order chi connectivity index (χ1) is 17.1. The number of halogens is 2. The van der Waals surface area contributed by atoms with Crippen molar-refractivity contribution in [1.82, 2.24) is 9.80 Å². The minimum absolute atomic E-state index is 0.175. The first-order valence-corrected chi connectivity index (χ1v) is 14.4. The Balaban J connectivity index is 2.18. The smallest absolute Gasteiger partial charge is 0.253 e. The number of morpholine rings is 1. The largest absolute Gasteiger partial charge is 0.357 e. The molecule has 4 atom stereocenters. The molecule has 1 unspecified atom stereocenters. The van der Waals surface area contributed by atoms with Crippen LogP contribution in [0.4, 0.5) is 0 Å². The molecule has 2 aromatic carbocycles. The van der Waals surface area contributed by atoms with Gasteiger partial charge in [0, 0.05) is 30.2 Å². The number of rotatable bonds is 7. The van der Waals surface area contributed by atoms with E-state index in [9.17, 15) is 18.0 Å². The standard InChI is InChI=1S/C27H34Cl2N2O5S/c1-17(16-37(34,35)27(2,3)4)31-24(18-10-12-20(28)13-11-18)25(19-8-7-9-21(29)14-19)36-22(26(31)33)15-23(32)30(5)6/h7-14,17,22,24-25H,15-16H2,1-6H3/t17?,22-,24-,25-/m1/s1. The molecule has 0 bridgehead atoms. The molecule has 202 valence electrons. The van der Waals surface area contributed by atoms with Gasteiger partial charge >= 0.3 is 0 Å². The number of sulfone groups is 1. The minimum atomic E-state index is -3.58. The maximum atomic E-state index is 13.9. The Kier molecular flexibility index (Phi) is 9.00. The maximum Gasteiger partial charge on any atom is 0.253 e. The van der Waals surface area contributed by atoms with Gasteiger partial charge in [-0.25, -0.2) is 8.42 Å². The van der Waals surface area contributed by atoms with Crippen LogP contribution >= 0.6 is 23.2 Å². The molecule has 0 aromatic heterocycles. The third kappa shape index (κ3) is 6.66. The number of hydrogen-bond donors (Lipinski definition) is 0. The Morgan fingerprint density at radius 2 is 1.68 bits per heavy atom. The molecule has 0 aliphatic carbocycles. The SMILES string of the molecule is CC(CS(=O)(=O)C(C)(C)C)N1C(=O)[C@@H](CC(=O)N(C)C)O[C@H](c2cccc(Cl)c2)[C@H]1c1ccc(Cl)cc1. The summed E-state index contributed by atoms with van der Waals surface area (Å²) in [6.45, 7) is 6.63. The summed E-state index contributed by atoms with van der Waals surface area (Å²) >= 11 is 12.5. The molecule has 0 N–H and O–H groups in total. The Morgan fingerprint density at radius 1 is 1.05 bits per heavy atom. The van der Waals surface area contributed by atoms with Crippen LogP contribution in [0, 0.1) is 0 Å². The van der Waals surface area contributed by atoms with E-state index in [1.807, 2.05) is 6.07 Å². The van der Waals surface area contributed by atoms with Crippen molar-refractivity contribution in [2.75, 3.05) is 19.8 Å². The predicted octanol–water partition coefficient (Wildman–Crippen LogP) is 5.08. The summed E-state index contributed by atoms with van der Waals surface area (Å²) in [6, 6.07) is 12.8. The zero-order valence-corrected chi connectivity index (χ0v) is 24.3. The summed E-state index contributed by atoms with van der Waals surface area (Å²) in [5, 5.41) is 1.01. The van der Waals surface area contributed by atoms with E-state index in [2.05, 4.69) is 0 Å². The third-order valence-corrected chi connectivity index (χ3v) is 9.82. The molecule has 10 heteroatoms. The van der Waals surface area contributed by atoms with Crippen LogP contribution in [0.25, 0.3) is 0 Å². The highest BCUT2D eigenvalue weighted by Crippen LogP contribution is 2.44. The molecule has 1 aliphatic rings. The summed E-state index contributed by atoms with van der Waals surface area (Å²) in [6.07, 6.45) is -1.98. The highest BCUT2D eigenvalue weighted by atomic mass is 35.5. The van der Waals surface area contributed by atoms with Crippen molar-refractivity contribution >= 4 is 44.9 Å². The van der Waals surface area contributed by atoms with E-state index in [4.69, 9.17) is 27.9 Å². The summed E-state index contributed by atoms with van der Waals surface area (Å²) in [7, 11) is -0.361. The van der Waals surface area contributed by atoms with Crippen molar-refractivity contribution in [2.24, 2.45) is 0 Å². The monoisotopic (exact) mass is 568 g/mol. The second-order valence-corrected chi connectivity index (χ2v) is 14.2. The Morgan fingerprint density at radius 3 is 2.22 bits per heavy atom. The van der Waals surface area contributed by atoms with E-state index < -0.39 is 44.8 Å². The van der Waals surface area contributed by atoms with E-state index in [1.54, 1.807) is 89.2 Å². The van der Waals surface area contributed by atoms with Gasteiger partial charge in [0.15, 0.2) is 9.84 Å². The van der Waals surface area contributed by atoms with Crippen LogP contribution < -0.4 is 0 Å². The number of benzene rings is 2. The molecule has 1 heterocycles. The van der Waals surface area contributed by atoms with Gasteiger partial charge in [0.25, 0.3) is 5.91 Å². The lowest BCUT2D eigenvalue weighted by molar-refractivity contribution is -0.180. The van der Waals surface area contributed by atoms with Gasteiger partial charge in [-0.3, -0.25) is 9.59 Å². The molecule has 0 radical (unpaired) electrons. The van der Waals surface area contributed by atoms with Crippen LogP contribution in [0.1, 0.15) is 57.4 Å². The highest BCUT2D eigenvalue weighted by molar-refractivity contribution is 7.92. The molecule has 1 aliphatic heterocycles. The molecule has 2 aromatic rings. The molecule has 2 amide bonds. The Labute approximate surface area is 229 Å². The van der Waals surface area contributed by atoms with Crippen LogP contribution in [0.3, 0.4) is 0 Å². The van der Waals surface area contributed by atoms with Crippen molar-refractivity contribution in [3.05, 3.63) is 69.7 Å². The quantitative estimate of drug-likeness (QED) is 0.464. The molecule has 7 nitrogen and oxygen atoms in total. The zero-order chi connectivity index (χ0) is 27.7. The van der Waals surface area contributed by atoms with Crippen LogP contribution in [-0.2, 0) is 24.2 Å². The van der Waals surface area contributed by atoms with Gasteiger partial charge in [0.2, 0.25) is 5.91 Å². The molecule has 1 saturated heterocycles. The Hall–Kier alpha value is -2.13. The van der Waals surface area contributed by atoms with Gasteiger partial charge in [-0.05, 0) is 63.1 Å². The zero-order valence-electron chi connectivity index (χ0n) is 21.9. The van der Waals surface area contributed by atoms with Crippen molar-refractivity contribution in [3.8, 4) is 0 Å². The lowest BCUT2D eigenvalue weighted by atomic mass is 9.90. The van der Waals surface area contributed by atoms with Crippen LogP contribution in [0.5, 0.6) is 0 Å². The van der Waals surface area contributed by atoms with Gasteiger partial charge in [-0.2, -0.15) is 0 Å². The summed E-state index contributed by atoms with van der Waals surface area (Å²) < 4.78 is 31.7. The fourth-order valence-electron chi connectivity index (χ4n) is 4.31. The first kappa shape index (κ1) is 29.4. The van der Waals surface area contributed by atoms with Gasteiger partial charge in [0.1, 0.15) is 12.2 Å². The second kappa shape index (κ2) is 11.3. The normalized spacial score (nSPS) is 21.6. The average molecular weight is 570 g/mol. The van der Waals surface area contributed by atoms with Crippen LogP contribution in [0.2, 0.25) is 10.0 Å². The molecule has 3 rings (SSSR count). The van der Waals surface area contributed by atoms with E-state index in [0.29, 0.717) is 15.6 Å². The number of carbonyl (C=O) groups excluding carboxylic acids is 2. The highest BCUT2D eigenvalue weighted by Gasteiger charge is 2.48. The molecule has 1 fully saturated rings. The molecular formula is C27H34Cl2N2O5S. The van der Waals surface area contributed by atoms with Crippen LogP contribution in [-0.4, -0.2) is 66.8 Å². The fourth-order valence-corrected chi connectivity index (χ4v) is 5.93. The molecular weight excluding hydrogens is 535 g/mol. The van der Waals surface area contributed by atoms with E-state index >= 15 is 0 Å². The lowest BCUT2D eigenvalue weighted by Crippen LogP contribution is -2.56. The minimum Gasteiger partial charge on any atom is -0.357 e. The fraction of sp³-hybridized carbons (Fsp3) is 0.481. The third-order valence-electron chi connectivity index (χ3n) is 6.54. The number of hydrogen-bond acceptors (Lipinski definition) is 5. The van der Waals surface area contributed by atoms with Gasteiger partial charge in [-0.15, -0.1) is 0 Å². The first-order valence-electron chi connectivity index (χ1n) is 12.0. The van der Waals surface area contributed by atoms with Crippen molar-refractivity contribution in [2.45, 2.75) is 63.2 Å². The van der Waals surface area contributed by atoms with Crippen molar-refractivity contribution in [3.63, 3.8) is 0 Å². The molecule has 0 spiro atoms. The lowest BCUT2D eigenvalue weighted by Gasteiger charge is -2.47. The maximum absolute atomic E-state index is 13.9. The number of nitrogens with zero attached hydrogens (tertiary/aromatic N) is 2.